The van der Waals surface area contributed by atoms with Crippen molar-refractivity contribution < 1.29 is 29.7 Å². The average Bonchev–Trinajstić information content (AvgIpc) is 2.49. The van der Waals surface area contributed by atoms with Gasteiger partial charge in [0, 0.05) is 39.3 Å². The molecule has 0 aromatic heterocycles. The highest BCUT2D eigenvalue weighted by Gasteiger charge is 2.24. The number of aliphatic carboxylic acids is 3. The number of rotatable bonds is 6. The maximum Gasteiger partial charge on any atom is 0.320 e. The van der Waals surface area contributed by atoms with Gasteiger partial charge in [0.15, 0.2) is 0 Å². The standard InChI is InChI=1S/C13H23N3O6/c1-10(13(21)22)16-6-4-14(8-11(17)18)2-3-15(5-7-16)9-12(19)20/h10H,2-9H2,1H3,(H,17,18)(H,19,20)(H,21,22). The van der Waals surface area contributed by atoms with Crippen LogP contribution >= 0.6 is 0 Å². The number of hydrogen-bond donors (Lipinski definition) is 3. The molecule has 0 aromatic carbocycles. The van der Waals surface area contributed by atoms with E-state index in [0.29, 0.717) is 39.3 Å². The molecule has 126 valence electrons. The van der Waals surface area contributed by atoms with E-state index in [2.05, 4.69) is 0 Å². The van der Waals surface area contributed by atoms with Gasteiger partial charge in [-0.05, 0) is 6.92 Å². The third kappa shape index (κ3) is 6.37. The van der Waals surface area contributed by atoms with Crippen LogP contribution in [-0.4, -0.2) is 106 Å². The summed E-state index contributed by atoms with van der Waals surface area (Å²) in [5, 5.41) is 27.0. The summed E-state index contributed by atoms with van der Waals surface area (Å²) in [5.74, 6) is -2.86. The average molecular weight is 317 g/mol. The first-order chi connectivity index (χ1) is 10.3. The molecule has 0 amide bonds. The van der Waals surface area contributed by atoms with E-state index in [-0.39, 0.29) is 13.1 Å². The summed E-state index contributed by atoms with van der Waals surface area (Å²) in [5.41, 5.74) is 0. The Morgan fingerprint density at radius 1 is 0.818 bits per heavy atom. The molecule has 1 saturated heterocycles. The van der Waals surface area contributed by atoms with Gasteiger partial charge in [0.2, 0.25) is 0 Å². The SMILES string of the molecule is CC(C(=O)O)N1CCN(CC(=O)O)CCN(CC(=O)O)CC1. The van der Waals surface area contributed by atoms with E-state index < -0.39 is 23.9 Å². The summed E-state index contributed by atoms with van der Waals surface area (Å²) < 4.78 is 0. The number of carboxylic acid groups (broad SMARTS) is 3. The largest absolute Gasteiger partial charge is 0.480 e. The van der Waals surface area contributed by atoms with Crippen LogP contribution in [0.5, 0.6) is 0 Å². The number of nitrogens with zero attached hydrogens (tertiary/aromatic N) is 3. The predicted molar refractivity (Wildman–Crippen MR) is 76.8 cm³/mol. The predicted octanol–water partition coefficient (Wildman–Crippen LogP) is -1.45. The van der Waals surface area contributed by atoms with Gasteiger partial charge in [0.1, 0.15) is 6.04 Å². The van der Waals surface area contributed by atoms with Gasteiger partial charge in [-0.1, -0.05) is 0 Å². The normalized spacial score (nSPS) is 20.6. The zero-order valence-corrected chi connectivity index (χ0v) is 12.6. The van der Waals surface area contributed by atoms with Gasteiger partial charge in [0.25, 0.3) is 0 Å². The molecule has 22 heavy (non-hydrogen) atoms. The minimum Gasteiger partial charge on any atom is -0.480 e. The molecule has 0 aromatic rings. The Hall–Kier alpha value is -1.71. The zero-order chi connectivity index (χ0) is 16.7. The van der Waals surface area contributed by atoms with Gasteiger partial charge in [-0.25, -0.2) is 0 Å². The highest BCUT2D eigenvalue weighted by Crippen LogP contribution is 2.05. The highest BCUT2D eigenvalue weighted by molar-refractivity contribution is 5.73. The molecule has 0 saturated carbocycles. The summed E-state index contributed by atoms with van der Waals surface area (Å²) in [6.45, 7) is 3.90. The van der Waals surface area contributed by atoms with E-state index >= 15 is 0 Å². The van der Waals surface area contributed by atoms with Gasteiger partial charge in [-0.15, -0.1) is 0 Å². The fourth-order valence-electron chi connectivity index (χ4n) is 2.40. The van der Waals surface area contributed by atoms with E-state index in [1.807, 2.05) is 0 Å². The van der Waals surface area contributed by atoms with Crippen molar-refractivity contribution in [2.75, 3.05) is 52.4 Å². The van der Waals surface area contributed by atoms with Gasteiger partial charge < -0.3 is 15.3 Å². The highest BCUT2D eigenvalue weighted by atomic mass is 16.4. The zero-order valence-electron chi connectivity index (χ0n) is 12.6. The Morgan fingerprint density at radius 3 is 1.50 bits per heavy atom. The Labute approximate surface area is 128 Å². The molecule has 1 fully saturated rings. The van der Waals surface area contributed by atoms with Crippen molar-refractivity contribution in [1.82, 2.24) is 14.7 Å². The number of carbonyl (C=O) groups is 3. The lowest BCUT2D eigenvalue weighted by atomic mass is 10.2. The lowest BCUT2D eigenvalue weighted by Gasteiger charge is -2.28. The fourth-order valence-corrected chi connectivity index (χ4v) is 2.40. The first-order valence-corrected chi connectivity index (χ1v) is 7.14. The van der Waals surface area contributed by atoms with Crippen LogP contribution in [0.15, 0.2) is 0 Å². The summed E-state index contributed by atoms with van der Waals surface area (Å²) in [7, 11) is 0. The summed E-state index contributed by atoms with van der Waals surface area (Å²) in [6.07, 6.45) is 0. The maximum absolute atomic E-state index is 11.1. The van der Waals surface area contributed by atoms with Crippen LogP contribution in [0, 0.1) is 0 Å². The molecule has 0 radical (unpaired) electrons. The van der Waals surface area contributed by atoms with Gasteiger partial charge in [-0.2, -0.15) is 0 Å². The van der Waals surface area contributed by atoms with E-state index in [1.54, 1.807) is 21.6 Å². The van der Waals surface area contributed by atoms with Gasteiger partial charge >= 0.3 is 17.9 Å². The van der Waals surface area contributed by atoms with E-state index in [4.69, 9.17) is 15.3 Å². The molecule has 0 spiro atoms. The Kier molecular flexibility index (Phi) is 7.22. The smallest absolute Gasteiger partial charge is 0.320 e. The Bertz CT molecular complexity index is 389. The second-order valence-corrected chi connectivity index (χ2v) is 5.39. The van der Waals surface area contributed by atoms with Crippen molar-refractivity contribution >= 4 is 17.9 Å². The van der Waals surface area contributed by atoms with Crippen LogP contribution in [-0.2, 0) is 14.4 Å². The summed E-state index contributed by atoms with van der Waals surface area (Å²) >= 11 is 0. The summed E-state index contributed by atoms with van der Waals surface area (Å²) in [6, 6.07) is -0.698. The summed E-state index contributed by atoms with van der Waals surface area (Å²) in [4.78, 5) is 38.0. The van der Waals surface area contributed by atoms with Crippen LogP contribution in [0.25, 0.3) is 0 Å². The molecule has 3 N–H and O–H groups in total. The maximum atomic E-state index is 11.1. The number of carboxylic acids is 3. The molecule has 0 bridgehead atoms. The van der Waals surface area contributed by atoms with Crippen LogP contribution < -0.4 is 0 Å². The molecule has 1 rings (SSSR count). The number of hydrogen-bond acceptors (Lipinski definition) is 6. The van der Waals surface area contributed by atoms with Crippen molar-refractivity contribution in [3.63, 3.8) is 0 Å². The van der Waals surface area contributed by atoms with Crippen molar-refractivity contribution in [2.24, 2.45) is 0 Å². The third-order valence-electron chi connectivity index (χ3n) is 3.76. The topological polar surface area (TPSA) is 122 Å². The molecule has 0 aliphatic carbocycles. The van der Waals surface area contributed by atoms with E-state index in [1.165, 1.54) is 0 Å². The third-order valence-corrected chi connectivity index (χ3v) is 3.76. The van der Waals surface area contributed by atoms with E-state index in [9.17, 15) is 14.4 Å². The molecule has 1 unspecified atom stereocenters. The van der Waals surface area contributed by atoms with Crippen LogP contribution in [0.1, 0.15) is 6.92 Å². The van der Waals surface area contributed by atoms with Gasteiger partial charge in [0.05, 0.1) is 13.1 Å². The molecular weight excluding hydrogens is 294 g/mol. The van der Waals surface area contributed by atoms with Crippen molar-refractivity contribution in [3.05, 3.63) is 0 Å². The first kappa shape index (κ1) is 18.3. The lowest BCUT2D eigenvalue weighted by Crippen LogP contribution is -2.45. The fraction of sp³-hybridized carbons (Fsp3) is 0.769. The Morgan fingerprint density at radius 2 is 1.18 bits per heavy atom. The second-order valence-electron chi connectivity index (χ2n) is 5.39. The van der Waals surface area contributed by atoms with Crippen LogP contribution in [0.2, 0.25) is 0 Å². The quantitative estimate of drug-likeness (QED) is 0.540. The van der Waals surface area contributed by atoms with Crippen molar-refractivity contribution in [3.8, 4) is 0 Å². The Balaban J connectivity index is 2.78. The van der Waals surface area contributed by atoms with Crippen LogP contribution in [0.4, 0.5) is 0 Å². The monoisotopic (exact) mass is 317 g/mol. The molecule has 1 aliphatic heterocycles. The van der Waals surface area contributed by atoms with Crippen molar-refractivity contribution in [1.29, 1.82) is 0 Å². The van der Waals surface area contributed by atoms with Crippen molar-refractivity contribution in [2.45, 2.75) is 13.0 Å². The van der Waals surface area contributed by atoms with Crippen LogP contribution in [0.3, 0.4) is 0 Å². The molecule has 1 heterocycles. The minimum absolute atomic E-state index is 0.143. The van der Waals surface area contributed by atoms with Gasteiger partial charge in [-0.3, -0.25) is 29.1 Å². The minimum atomic E-state index is -0.957. The van der Waals surface area contributed by atoms with E-state index in [0.717, 1.165) is 0 Å². The molecule has 9 nitrogen and oxygen atoms in total. The molecular formula is C13H23N3O6. The lowest BCUT2D eigenvalue weighted by molar-refractivity contribution is -0.143. The molecule has 1 atom stereocenters. The molecule has 1 aliphatic rings. The second kappa shape index (κ2) is 8.66. The molecule has 9 heteroatoms. The first-order valence-electron chi connectivity index (χ1n) is 7.14.